The molecule has 1 rings (SSSR count). The maximum atomic E-state index is 10.7. The van der Waals surface area contributed by atoms with Crippen LogP contribution >= 0.6 is 0 Å². The Bertz CT molecular complexity index is 424. The summed E-state index contributed by atoms with van der Waals surface area (Å²) in [5, 5.41) is 13.6. The second-order valence-electron chi connectivity index (χ2n) is 2.93. The molecule has 0 aliphatic rings. The summed E-state index contributed by atoms with van der Waals surface area (Å²) in [7, 11) is 0. The molecule has 0 saturated carbocycles. The number of terminal acetylenes is 1. The van der Waals surface area contributed by atoms with E-state index in [2.05, 4.69) is 11.2 Å². The molecule has 0 saturated heterocycles. The molecule has 84 valence electrons. The SMILES string of the molecule is C#CCNc1ccc([N+](=O)[O-])c(OCC)c1. The van der Waals surface area contributed by atoms with Crippen molar-refractivity contribution in [2.45, 2.75) is 6.92 Å². The van der Waals surface area contributed by atoms with Crippen LogP contribution in [-0.2, 0) is 0 Å². The lowest BCUT2D eigenvalue weighted by molar-refractivity contribution is -0.385. The van der Waals surface area contributed by atoms with Gasteiger partial charge in [0.2, 0.25) is 0 Å². The molecule has 0 atom stereocenters. The molecule has 5 heteroatoms. The Morgan fingerprint density at radius 1 is 1.62 bits per heavy atom. The topological polar surface area (TPSA) is 64.4 Å². The Hall–Kier alpha value is -2.22. The standard InChI is InChI=1S/C11H12N2O3/c1-3-7-12-9-5-6-10(13(14)15)11(8-9)16-4-2/h1,5-6,8,12H,4,7H2,2H3. The molecule has 0 amide bonds. The van der Waals surface area contributed by atoms with Gasteiger partial charge in [0.25, 0.3) is 0 Å². The van der Waals surface area contributed by atoms with Gasteiger partial charge in [-0.1, -0.05) is 5.92 Å². The first-order valence-corrected chi connectivity index (χ1v) is 4.77. The lowest BCUT2D eigenvalue weighted by atomic mass is 10.2. The quantitative estimate of drug-likeness (QED) is 0.468. The van der Waals surface area contributed by atoms with Gasteiger partial charge in [-0.2, -0.15) is 0 Å². The summed E-state index contributed by atoms with van der Waals surface area (Å²) in [5.74, 6) is 2.66. The van der Waals surface area contributed by atoms with Crippen LogP contribution in [0.4, 0.5) is 11.4 Å². The van der Waals surface area contributed by atoms with Crippen molar-refractivity contribution < 1.29 is 9.66 Å². The molecule has 0 aromatic heterocycles. The third-order valence-corrected chi connectivity index (χ3v) is 1.85. The van der Waals surface area contributed by atoms with Crippen LogP contribution in [0.25, 0.3) is 0 Å². The number of hydrogen-bond donors (Lipinski definition) is 1. The molecular weight excluding hydrogens is 208 g/mol. The molecule has 5 nitrogen and oxygen atoms in total. The first kappa shape index (κ1) is 11.9. The summed E-state index contributed by atoms with van der Waals surface area (Å²) >= 11 is 0. The van der Waals surface area contributed by atoms with Crippen molar-refractivity contribution in [3.8, 4) is 18.1 Å². The van der Waals surface area contributed by atoms with Gasteiger partial charge in [-0.3, -0.25) is 10.1 Å². The number of benzene rings is 1. The minimum atomic E-state index is -0.476. The normalized spacial score (nSPS) is 9.25. The minimum Gasteiger partial charge on any atom is -0.487 e. The molecule has 0 fully saturated rings. The van der Waals surface area contributed by atoms with Gasteiger partial charge in [-0.25, -0.2) is 0 Å². The molecule has 16 heavy (non-hydrogen) atoms. The van der Waals surface area contributed by atoms with Crippen LogP contribution < -0.4 is 10.1 Å². The van der Waals surface area contributed by atoms with Crippen LogP contribution in [0.5, 0.6) is 5.75 Å². The smallest absolute Gasteiger partial charge is 0.311 e. The second-order valence-corrected chi connectivity index (χ2v) is 2.93. The Labute approximate surface area is 93.6 Å². The molecule has 0 spiro atoms. The molecule has 0 aliphatic carbocycles. The predicted molar refractivity (Wildman–Crippen MR) is 61.6 cm³/mol. The monoisotopic (exact) mass is 220 g/mol. The van der Waals surface area contributed by atoms with E-state index in [1.54, 1.807) is 19.1 Å². The third kappa shape index (κ3) is 2.89. The van der Waals surface area contributed by atoms with E-state index >= 15 is 0 Å². The van der Waals surface area contributed by atoms with Gasteiger partial charge < -0.3 is 10.1 Å². The Morgan fingerprint density at radius 3 is 2.94 bits per heavy atom. The summed E-state index contributed by atoms with van der Waals surface area (Å²) in [4.78, 5) is 10.2. The molecule has 0 aliphatic heterocycles. The molecule has 1 aromatic carbocycles. The van der Waals surface area contributed by atoms with Crippen molar-refractivity contribution in [3.63, 3.8) is 0 Å². The van der Waals surface area contributed by atoms with E-state index < -0.39 is 4.92 Å². The average Bonchev–Trinajstić information content (AvgIpc) is 2.26. The Morgan fingerprint density at radius 2 is 2.38 bits per heavy atom. The number of nitro groups is 1. The fourth-order valence-electron chi connectivity index (χ4n) is 1.20. The summed E-state index contributed by atoms with van der Waals surface area (Å²) in [5.41, 5.74) is 0.653. The molecule has 1 aromatic rings. The van der Waals surface area contributed by atoms with Gasteiger partial charge in [0, 0.05) is 17.8 Å². The molecule has 0 radical (unpaired) electrons. The number of ether oxygens (including phenoxy) is 1. The first-order chi connectivity index (χ1) is 7.69. The van der Waals surface area contributed by atoms with Crippen molar-refractivity contribution in [2.75, 3.05) is 18.5 Å². The maximum absolute atomic E-state index is 10.7. The zero-order valence-electron chi connectivity index (χ0n) is 8.90. The van der Waals surface area contributed by atoms with Crippen molar-refractivity contribution in [2.24, 2.45) is 0 Å². The van der Waals surface area contributed by atoms with E-state index in [1.165, 1.54) is 6.07 Å². The van der Waals surface area contributed by atoms with E-state index in [9.17, 15) is 10.1 Å². The van der Waals surface area contributed by atoms with Gasteiger partial charge in [0.1, 0.15) is 0 Å². The van der Waals surface area contributed by atoms with Crippen LogP contribution in [0.3, 0.4) is 0 Å². The number of hydrogen-bond acceptors (Lipinski definition) is 4. The van der Waals surface area contributed by atoms with Crippen LogP contribution in [0.2, 0.25) is 0 Å². The summed E-state index contributed by atoms with van der Waals surface area (Å²) in [6.45, 7) is 2.51. The second kappa shape index (κ2) is 5.61. The molecule has 0 heterocycles. The highest BCUT2D eigenvalue weighted by atomic mass is 16.6. The van der Waals surface area contributed by atoms with Crippen LogP contribution in [0, 0.1) is 22.5 Å². The number of anilines is 1. The van der Waals surface area contributed by atoms with E-state index in [-0.39, 0.29) is 11.4 Å². The highest BCUT2D eigenvalue weighted by Crippen LogP contribution is 2.29. The minimum absolute atomic E-state index is 0.0480. The predicted octanol–water partition coefficient (Wildman–Crippen LogP) is 2.04. The Kier molecular flexibility index (Phi) is 4.16. The van der Waals surface area contributed by atoms with Gasteiger partial charge >= 0.3 is 5.69 Å². The molecular formula is C11H12N2O3. The van der Waals surface area contributed by atoms with Gasteiger partial charge in [-0.15, -0.1) is 6.42 Å². The number of nitrogens with one attached hydrogen (secondary N) is 1. The van der Waals surface area contributed by atoms with Crippen molar-refractivity contribution in [3.05, 3.63) is 28.3 Å². The van der Waals surface area contributed by atoms with Gasteiger partial charge in [0.15, 0.2) is 5.75 Å². The van der Waals surface area contributed by atoms with Crippen LogP contribution in [0.15, 0.2) is 18.2 Å². The average molecular weight is 220 g/mol. The van der Waals surface area contributed by atoms with Crippen LogP contribution in [-0.4, -0.2) is 18.1 Å². The van der Waals surface area contributed by atoms with E-state index in [0.717, 1.165) is 0 Å². The largest absolute Gasteiger partial charge is 0.487 e. The van der Waals surface area contributed by atoms with E-state index in [4.69, 9.17) is 11.2 Å². The molecule has 0 bridgehead atoms. The van der Waals surface area contributed by atoms with Crippen molar-refractivity contribution in [1.29, 1.82) is 0 Å². The van der Waals surface area contributed by atoms with Gasteiger partial charge in [0.05, 0.1) is 18.1 Å². The van der Waals surface area contributed by atoms with Crippen LogP contribution in [0.1, 0.15) is 6.92 Å². The number of nitro benzene ring substituents is 1. The highest BCUT2D eigenvalue weighted by Gasteiger charge is 2.14. The summed E-state index contributed by atoms with van der Waals surface area (Å²) in [6.07, 6.45) is 5.10. The number of nitrogens with zero attached hydrogens (tertiary/aromatic N) is 1. The summed E-state index contributed by atoms with van der Waals surface area (Å²) in [6, 6.07) is 4.56. The van der Waals surface area contributed by atoms with E-state index in [0.29, 0.717) is 18.8 Å². The summed E-state index contributed by atoms with van der Waals surface area (Å²) < 4.78 is 5.19. The Balaban J connectivity index is 2.98. The maximum Gasteiger partial charge on any atom is 0.311 e. The van der Waals surface area contributed by atoms with Gasteiger partial charge in [-0.05, 0) is 13.0 Å². The number of rotatable bonds is 5. The molecule has 1 N–H and O–H groups in total. The first-order valence-electron chi connectivity index (χ1n) is 4.77. The molecule has 0 unspecified atom stereocenters. The highest BCUT2D eigenvalue weighted by molar-refractivity contribution is 5.58. The zero-order valence-corrected chi connectivity index (χ0v) is 8.90. The van der Waals surface area contributed by atoms with Crippen molar-refractivity contribution in [1.82, 2.24) is 0 Å². The third-order valence-electron chi connectivity index (χ3n) is 1.85. The van der Waals surface area contributed by atoms with E-state index in [1.807, 2.05) is 0 Å². The zero-order chi connectivity index (χ0) is 12.0. The fraction of sp³-hybridized carbons (Fsp3) is 0.273. The fourth-order valence-corrected chi connectivity index (χ4v) is 1.20. The lowest BCUT2D eigenvalue weighted by Crippen LogP contribution is -2.01. The lowest BCUT2D eigenvalue weighted by Gasteiger charge is -2.07. The van der Waals surface area contributed by atoms with Crippen molar-refractivity contribution >= 4 is 11.4 Å².